The van der Waals surface area contributed by atoms with Crippen molar-refractivity contribution in [2.75, 3.05) is 39.5 Å². The van der Waals surface area contributed by atoms with Crippen LogP contribution < -0.4 is 19.7 Å². The van der Waals surface area contributed by atoms with Crippen LogP contribution in [0.4, 0.5) is 49.4 Å². The van der Waals surface area contributed by atoms with Crippen molar-refractivity contribution < 1.29 is 80.8 Å². The molecule has 2 amide bonds. The van der Waals surface area contributed by atoms with Gasteiger partial charge in [0.25, 0.3) is 20.0 Å². The second-order valence-electron chi connectivity index (χ2n) is 21.3. The van der Waals surface area contributed by atoms with E-state index in [-0.39, 0.29) is 118 Å². The first kappa shape index (κ1) is 63.2. The summed E-state index contributed by atoms with van der Waals surface area (Å²) in [5.74, 6) is -3.18. The molecular weight excluding hydrogens is 1210 g/mol. The number of carbonyl (C=O) groups is 3. The number of carbonyl (C=O) groups excluding carboxylic acids is 3. The SMILES string of the molecule is CCOCc1cc(C[C@H]2C(=O)Nc3cc(C(F)(F)F)ccc32)ccc1-c1ccccc1S(=O)(=O)Nc1noc(C)c1Cc1c(NS(=O)(=O)c2ccccc2-c2ccc(CN3C(=O)[C@](C)(C(=O)OCC)c4ccc(C(F)(F)F)cc43)cc2COCC)noc1C. The fourth-order valence-electron chi connectivity index (χ4n) is 11.1. The van der Waals surface area contributed by atoms with Crippen LogP contribution in [0, 0.1) is 13.8 Å². The number of hydrogen-bond acceptors (Lipinski definition) is 14. The van der Waals surface area contributed by atoms with E-state index < -0.39 is 72.6 Å². The first-order valence-electron chi connectivity index (χ1n) is 27.9. The molecule has 2 aliphatic heterocycles. The number of anilines is 4. The molecule has 0 fully saturated rings. The van der Waals surface area contributed by atoms with E-state index in [0.29, 0.717) is 45.6 Å². The number of hydrogen-bond donors (Lipinski definition) is 3. The summed E-state index contributed by atoms with van der Waals surface area (Å²) in [6, 6.07) is 28.0. The third kappa shape index (κ3) is 12.5. The number of benzene rings is 6. The zero-order valence-corrected chi connectivity index (χ0v) is 50.2. The van der Waals surface area contributed by atoms with Gasteiger partial charge in [-0.1, -0.05) is 95.2 Å². The molecule has 2 atom stereocenters. The average molecular weight is 1270 g/mol. The van der Waals surface area contributed by atoms with Crippen LogP contribution in [0.5, 0.6) is 0 Å². The van der Waals surface area contributed by atoms with E-state index >= 15 is 0 Å². The average Bonchev–Trinajstić information content (AvgIpc) is 1.65. The van der Waals surface area contributed by atoms with Crippen LogP contribution in [0.15, 0.2) is 140 Å². The minimum Gasteiger partial charge on any atom is -0.465 e. The van der Waals surface area contributed by atoms with E-state index in [1.807, 2.05) is 0 Å². The first-order valence-corrected chi connectivity index (χ1v) is 30.9. The Hall–Kier alpha value is -8.85. The number of fused-ring (bicyclic) bond motifs is 2. The Labute approximate surface area is 507 Å². The predicted molar refractivity (Wildman–Crippen MR) is 314 cm³/mol. The van der Waals surface area contributed by atoms with Gasteiger partial charge in [0.15, 0.2) is 17.1 Å². The summed E-state index contributed by atoms with van der Waals surface area (Å²) in [6.45, 7) is 9.53. The van der Waals surface area contributed by atoms with E-state index in [4.69, 9.17) is 23.3 Å². The highest BCUT2D eigenvalue weighted by Gasteiger charge is 2.55. The fourth-order valence-corrected chi connectivity index (χ4v) is 13.6. The van der Waals surface area contributed by atoms with Crippen LogP contribution >= 0.6 is 0 Å². The number of ether oxygens (including phenoxy) is 3. The summed E-state index contributed by atoms with van der Waals surface area (Å²) >= 11 is 0. The number of halogens is 6. The second kappa shape index (κ2) is 24.6. The number of rotatable bonds is 22. The number of aromatic nitrogens is 2. The number of esters is 1. The van der Waals surface area contributed by atoms with Crippen LogP contribution in [0.3, 0.4) is 0 Å². The predicted octanol–water partition coefficient (Wildman–Crippen LogP) is 12.6. The quantitative estimate of drug-likeness (QED) is 0.0325. The van der Waals surface area contributed by atoms with E-state index in [1.54, 1.807) is 81.4 Å². The molecule has 0 bridgehead atoms. The van der Waals surface area contributed by atoms with Crippen molar-refractivity contribution in [3.63, 3.8) is 0 Å². The van der Waals surface area contributed by atoms with Crippen LogP contribution in [0.25, 0.3) is 22.3 Å². The molecule has 0 spiro atoms. The maximum Gasteiger partial charge on any atom is 0.416 e. The van der Waals surface area contributed by atoms with Gasteiger partial charge in [-0.2, -0.15) is 26.3 Å². The zero-order valence-electron chi connectivity index (χ0n) is 48.6. The van der Waals surface area contributed by atoms with Crippen molar-refractivity contribution >= 4 is 60.8 Å². The number of aryl methyl sites for hydroxylation is 2. The molecule has 26 heteroatoms. The summed E-state index contributed by atoms with van der Waals surface area (Å²) in [5, 5.41) is 10.7. The molecule has 2 aromatic heterocycles. The topological polar surface area (TPSA) is 239 Å². The lowest BCUT2D eigenvalue weighted by atomic mass is 9.83. The number of amides is 2. The third-order valence-electron chi connectivity index (χ3n) is 15.6. The normalized spacial score (nSPS) is 15.9. The van der Waals surface area contributed by atoms with Gasteiger partial charge in [0.2, 0.25) is 11.8 Å². The van der Waals surface area contributed by atoms with Crippen molar-refractivity contribution in [2.45, 2.75) is 108 Å². The van der Waals surface area contributed by atoms with E-state index in [0.717, 1.165) is 35.2 Å². The van der Waals surface area contributed by atoms with Gasteiger partial charge < -0.3 is 33.5 Å². The molecule has 0 unspecified atom stereocenters. The fraction of sp³-hybridized carbons (Fsp3) is 0.286. The molecule has 6 aromatic carbocycles. The minimum absolute atomic E-state index is 0.0248. The molecule has 466 valence electrons. The minimum atomic E-state index is -4.77. The Morgan fingerprint density at radius 3 is 1.69 bits per heavy atom. The molecule has 89 heavy (non-hydrogen) atoms. The van der Waals surface area contributed by atoms with Crippen LogP contribution in [0.2, 0.25) is 0 Å². The van der Waals surface area contributed by atoms with Gasteiger partial charge in [-0.3, -0.25) is 23.8 Å². The number of alkyl halides is 6. The van der Waals surface area contributed by atoms with Gasteiger partial charge in [0.1, 0.15) is 11.5 Å². The Balaban J connectivity index is 0.907. The van der Waals surface area contributed by atoms with E-state index in [2.05, 4.69) is 25.1 Å². The van der Waals surface area contributed by atoms with Gasteiger partial charge >= 0.3 is 18.3 Å². The van der Waals surface area contributed by atoms with Crippen molar-refractivity contribution in [3.05, 3.63) is 188 Å². The van der Waals surface area contributed by atoms with Crippen molar-refractivity contribution in [3.8, 4) is 22.3 Å². The molecule has 0 radical (unpaired) electrons. The lowest BCUT2D eigenvalue weighted by Gasteiger charge is -2.23. The Kier molecular flexibility index (Phi) is 17.5. The summed E-state index contributed by atoms with van der Waals surface area (Å²) in [4.78, 5) is 41.4. The van der Waals surface area contributed by atoms with Crippen molar-refractivity contribution in [1.82, 2.24) is 10.3 Å². The smallest absolute Gasteiger partial charge is 0.416 e. The van der Waals surface area contributed by atoms with Crippen LogP contribution in [-0.2, 0) is 99.0 Å². The highest BCUT2D eigenvalue weighted by molar-refractivity contribution is 7.93. The van der Waals surface area contributed by atoms with Gasteiger partial charge in [-0.05, 0) is 123 Å². The van der Waals surface area contributed by atoms with Gasteiger partial charge in [-0.15, -0.1) is 0 Å². The molecule has 10 rings (SSSR count). The monoisotopic (exact) mass is 1270 g/mol. The van der Waals surface area contributed by atoms with Gasteiger partial charge in [0, 0.05) is 58.8 Å². The Bertz CT molecular complexity index is 4320. The highest BCUT2D eigenvalue weighted by Crippen LogP contribution is 2.47. The molecule has 2 aliphatic rings. The third-order valence-corrected chi connectivity index (χ3v) is 18.4. The largest absolute Gasteiger partial charge is 0.465 e. The van der Waals surface area contributed by atoms with Gasteiger partial charge in [0.05, 0.1) is 53.2 Å². The molecule has 8 aromatic rings. The van der Waals surface area contributed by atoms with E-state index in [1.165, 1.54) is 51.1 Å². The van der Waals surface area contributed by atoms with Crippen molar-refractivity contribution in [2.24, 2.45) is 0 Å². The number of nitrogens with one attached hydrogen (secondary N) is 3. The molecular formula is C63H58F6N6O12S2. The maximum atomic E-state index is 14.7. The first-order chi connectivity index (χ1) is 42.2. The molecule has 0 saturated heterocycles. The summed E-state index contributed by atoms with van der Waals surface area (Å²) in [5.41, 5.74) is 0.203. The lowest BCUT2D eigenvalue weighted by Crippen LogP contribution is -2.44. The van der Waals surface area contributed by atoms with Crippen LogP contribution in [0.1, 0.15) is 101 Å². The molecule has 3 N–H and O–H groups in total. The second-order valence-corrected chi connectivity index (χ2v) is 24.6. The maximum absolute atomic E-state index is 14.7. The lowest BCUT2D eigenvalue weighted by molar-refractivity contribution is -0.152. The standard InChI is InChI=1S/C63H58F6N6O12S2/c1-7-83-33-39-26-37(28-50-45-24-20-41(62(64,65)66)29-52(45)70-58(50)76)18-22-43(39)46-14-10-12-16-54(46)88(79,80)73-56-48(35(4)86-71-56)31-49-36(5)87-72-57(49)74-89(81,82)55-17-13-11-15-47(55)44-23-19-38(27-40(44)34-84-8-2)32-75-53-30-42(63(67,68)69)21-25-51(53)61(6,59(75)77)60(78)85-9-3/h10-27,29-30,50H,7-9,28,31-34H2,1-6H3,(H,70,76)(H,71,73)(H,72,74)/t50-,61-/m1/s1. The Morgan fingerprint density at radius 1 is 0.652 bits per heavy atom. The van der Waals surface area contributed by atoms with E-state index in [9.17, 15) is 57.6 Å². The molecule has 18 nitrogen and oxygen atoms in total. The van der Waals surface area contributed by atoms with Crippen molar-refractivity contribution in [1.29, 1.82) is 0 Å². The number of nitrogens with zero attached hydrogens (tertiary/aromatic N) is 3. The summed E-state index contributed by atoms with van der Waals surface area (Å²) in [7, 11) is -9.14. The molecule has 4 heterocycles. The van der Waals surface area contributed by atoms with Crippen LogP contribution in [-0.4, -0.2) is 64.8 Å². The van der Waals surface area contributed by atoms with Gasteiger partial charge in [-0.25, -0.2) is 16.8 Å². The highest BCUT2D eigenvalue weighted by atomic mass is 32.2. The zero-order chi connectivity index (χ0) is 64.0. The summed E-state index contributed by atoms with van der Waals surface area (Å²) in [6.07, 6.45) is -9.49. The molecule has 0 aliphatic carbocycles. The Morgan fingerprint density at radius 2 is 1.16 bits per heavy atom. The number of sulfonamides is 2. The molecule has 0 saturated carbocycles. The summed E-state index contributed by atoms with van der Waals surface area (Å²) < 4.78 is 175.